The van der Waals surface area contributed by atoms with Crippen LogP contribution in [0.15, 0.2) is 0 Å². The van der Waals surface area contributed by atoms with E-state index in [9.17, 15) is 9.59 Å². The van der Waals surface area contributed by atoms with Crippen LogP contribution in [0.5, 0.6) is 0 Å². The molecule has 2 saturated heterocycles. The molecule has 3 atom stereocenters. The average molecular weight is 240 g/mol. The van der Waals surface area contributed by atoms with Gasteiger partial charge in [0.2, 0.25) is 11.8 Å². The third kappa shape index (κ3) is 2.97. The third-order valence-electron chi connectivity index (χ3n) is 3.56. The second kappa shape index (κ2) is 5.49. The molecule has 2 aliphatic rings. The number of hydrogen-bond acceptors (Lipinski definition) is 3. The van der Waals surface area contributed by atoms with E-state index >= 15 is 0 Å². The highest BCUT2D eigenvalue weighted by atomic mass is 16.5. The van der Waals surface area contributed by atoms with Crippen LogP contribution >= 0.6 is 0 Å². The molecule has 17 heavy (non-hydrogen) atoms. The highest BCUT2D eigenvalue weighted by Crippen LogP contribution is 2.23. The van der Waals surface area contributed by atoms with Crippen LogP contribution in [-0.4, -0.2) is 37.1 Å². The van der Waals surface area contributed by atoms with Crippen molar-refractivity contribution in [1.82, 2.24) is 10.6 Å². The highest BCUT2D eigenvalue weighted by Gasteiger charge is 2.34. The Balaban J connectivity index is 1.82. The van der Waals surface area contributed by atoms with Crippen LogP contribution in [0, 0.1) is 5.92 Å². The largest absolute Gasteiger partial charge is 0.377 e. The van der Waals surface area contributed by atoms with E-state index < -0.39 is 0 Å². The Morgan fingerprint density at radius 3 is 3.00 bits per heavy atom. The van der Waals surface area contributed by atoms with Gasteiger partial charge in [0.05, 0.1) is 12.0 Å². The predicted molar refractivity (Wildman–Crippen MR) is 62.3 cm³/mol. The maximum Gasteiger partial charge on any atom is 0.226 e. The van der Waals surface area contributed by atoms with E-state index in [-0.39, 0.29) is 29.9 Å². The minimum Gasteiger partial charge on any atom is -0.377 e. The molecule has 0 bridgehead atoms. The number of carbonyl (C=O) groups excluding carboxylic acids is 2. The predicted octanol–water partition coefficient (Wildman–Crippen LogP) is 0.196. The van der Waals surface area contributed by atoms with E-state index in [1.165, 1.54) is 0 Å². The van der Waals surface area contributed by atoms with Gasteiger partial charge in [-0.25, -0.2) is 0 Å². The molecule has 2 fully saturated rings. The van der Waals surface area contributed by atoms with Gasteiger partial charge in [0, 0.05) is 25.6 Å². The Hall–Kier alpha value is -1.10. The van der Waals surface area contributed by atoms with Crippen LogP contribution in [-0.2, 0) is 14.3 Å². The molecule has 2 amide bonds. The van der Waals surface area contributed by atoms with E-state index in [0.29, 0.717) is 19.6 Å². The van der Waals surface area contributed by atoms with Gasteiger partial charge in [-0.3, -0.25) is 9.59 Å². The molecule has 0 aliphatic carbocycles. The molecule has 0 aromatic heterocycles. The van der Waals surface area contributed by atoms with Crippen molar-refractivity contribution in [3.05, 3.63) is 0 Å². The second-order valence-corrected chi connectivity index (χ2v) is 4.76. The molecule has 0 aromatic rings. The minimum atomic E-state index is -0.0161. The van der Waals surface area contributed by atoms with Crippen molar-refractivity contribution in [3.8, 4) is 0 Å². The van der Waals surface area contributed by atoms with Crippen LogP contribution in [0.4, 0.5) is 0 Å². The number of hydrogen-bond donors (Lipinski definition) is 2. The zero-order valence-corrected chi connectivity index (χ0v) is 10.2. The SMILES string of the molecule is CCC1OCCC1C(=O)NC1CCC(=O)NC1. The molecule has 2 N–H and O–H groups in total. The van der Waals surface area contributed by atoms with E-state index in [1.807, 2.05) is 6.92 Å². The fraction of sp³-hybridized carbons (Fsp3) is 0.833. The number of amides is 2. The molecule has 0 radical (unpaired) electrons. The zero-order chi connectivity index (χ0) is 12.3. The van der Waals surface area contributed by atoms with Crippen LogP contribution in [0.1, 0.15) is 32.6 Å². The molecule has 2 heterocycles. The lowest BCUT2D eigenvalue weighted by Gasteiger charge is -2.25. The fourth-order valence-electron chi connectivity index (χ4n) is 2.51. The maximum atomic E-state index is 12.1. The summed E-state index contributed by atoms with van der Waals surface area (Å²) >= 11 is 0. The number of piperidine rings is 1. The summed E-state index contributed by atoms with van der Waals surface area (Å²) in [6, 6.07) is 0.0818. The summed E-state index contributed by atoms with van der Waals surface area (Å²) in [5.74, 6) is 0.138. The van der Waals surface area contributed by atoms with Crippen LogP contribution in [0.25, 0.3) is 0 Å². The highest BCUT2D eigenvalue weighted by molar-refractivity contribution is 5.81. The monoisotopic (exact) mass is 240 g/mol. The van der Waals surface area contributed by atoms with E-state index in [1.54, 1.807) is 0 Å². The molecule has 3 unspecified atom stereocenters. The average Bonchev–Trinajstić information content (AvgIpc) is 2.80. The summed E-state index contributed by atoms with van der Waals surface area (Å²) in [6.07, 6.45) is 2.99. The first-order chi connectivity index (χ1) is 8.20. The topological polar surface area (TPSA) is 67.4 Å². The Morgan fingerprint density at radius 2 is 2.35 bits per heavy atom. The Morgan fingerprint density at radius 1 is 1.53 bits per heavy atom. The lowest BCUT2D eigenvalue weighted by Crippen LogP contribution is -2.50. The number of ether oxygens (including phenoxy) is 1. The molecular formula is C12H20N2O3. The van der Waals surface area contributed by atoms with Gasteiger partial charge in [-0.15, -0.1) is 0 Å². The molecule has 2 rings (SSSR count). The number of rotatable bonds is 3. The summed E-state index contributed by atoms with van der Waals surface area (Å²) in [5, 5.41) is 5.78. The number of carbonyl (C=O) groups is 2. The molecule has 96 valence electrons. The normalized spacial score (nSPS) is 33.2. The van der Waals surface area contributed by atoms with Gasteiger partial charge in [-0.1, -0.05) is 6.92 Å². The molecule has 5 nitrogen and oxygen atoms in total. The Kier molecular flexibility index (Phi) is 3.99. The molecule has 0 aromatic carbocycles. The van der Waals surface area contributed by atoms with Crippen molar-refractivity contribution in [2.45, 2.75) is 44.8 Å². The van der Waals surface area contributed by atoms with Gasteiger partial charge in [-0.2, -0.15) is 0 Å². The van der Waals surface area contributed by atoms with E-state index in [2.05, 4.69) is 10.6 Å². The first kappa shape index (κ1) is 12.4. The standard InChI is InChI=1S/C12H20N2O3/c1-2-10-9(5-6-17-10)12(16)14-8-3-4-11(15)13-7-8/h8-10H,2-7H2,1H3,(H,13,15)(H,14,16). The van der Waals surface area contributed by atoms with Crippen molar-refractivity contribution in [2.75, 3.05) is 13.2 Å². The van der Waals surface area contributed by atoms with Gasteiger partial charge in [0.25, 0.3) is 0 Å². The first-order valence-corrected chi connectivity index (χ1v) is 6.39. The van der Waals surface area contributed by atoms with Gasteiger partial charge in [-0.05, 0) is 19.3 Å². The molecular weight excluding hydrogens is 220 g/mol. The zero-order valence-electron chi connectivity index (χ0n) is 10.2. The smallest absolute Gasteiger partial charge is 0.226 e. The molecule has 5 heteroatoms. The second-order valence-electron chi connectivity index (χ2n) is 4.76. The van der Waals surface area contributed by atoms with Gasteiger partial charge < -0.3 is 15.4 Å². The Bertz CT molecular complexity index is 296. The molecule has 0 spiro atoms. The summed E-state index contributed by atoms with van der Waals surface area (Å²) in [5.41, 5.74) is 0. The third-order valence-corrected chi connectivity index (χ3v) is 3.56. The maximum absolute atomic E-state index is 12.1. The van der Waals surface area contributed by atoms with Crippen molar-refractivity contribution in [3.63, 3.8) is 0 Å². The van der Waals surface area contributed by atoms with Crippen LogP contribution in [0.3, 0.4) is 0 Å². The van der Waals surface area contributed by atoms with Gasteiger partial charge >= 0.3 is 0 Å². The van der Waals surface area contributed by atoms with Crippen LogP contribution in [0.2, 0.25) is 0 Å². The summed E-state index contributed by atoms with van der Waals surface area (Å²) < 4.78 is 5.51. The first-order valence-electron chi connectivity index (χ1n) is 6.39. The van der Waals surface area contributed by atoms with Crippen molar-refractivity contribution in [2.24, 2.45) is 5.92 Å². The van der Waals surface area contributed by atoms with E-state index in [4.69, 9.17) is 4.74 Å². The lowest BCUT2D eigenvalue weighted by atomic mass is 9.97. The van der Waals surface area contributed by atoms with Crippen molar-refractivity contribution < 1.29 is 14.3 Å². The Labute approximate surface area is 101 Å². The quantitative estimate of drug-likeness (QED) is 0.740. The van der Waals surface area contributed by atoms with E-state index in [0.717, 1.165) is 19.3 Å². The molecule has 0 saturated carbocycles. The summed E-state index contributed by atoms with van der Waals surface area (Å²) in [6.45, 7) is 3.27. The van der Waals surface area contributed by atoms with Crippen molar-refractivity contribution >= 4 is 11.8 Å². The molecule has 2 aliphatic heterocycles. The minimum absolute atomic E-state index is 0.0161. The fourth-order valence-corrected chi connectivity index (χ4v) is 2.51. The summed E-state index contributed by atoms with van der Waals surface area (Å²) in [7, 11) is 0. The summed E-state index contributed by atoms with van der Waals surface area (Å²) in [4.78, 5) is 23.1. The van der Waals surface area contributed by atoms with Gasteiger partial charge in [0.15, 0.2) is 0 Å². The number of nitrogens with one attached hydrogen (secondary N) is 2. The van der Waals surface area contributed by atoms with Gasteiger partial charge in [0.1, 0.15) is 0 Å². The van der Waals surface area contributed by atoms with Crippen molar-refractivity contribution in [1.29, 1.82) is 0 Å². The van der Waals surface area contributed by atoms with Crippen LogP contribution < -0.4 is 10.6 Å². The lowest BCUT2D eigenvalue weighted by molar-refractivity contribution is -0.129.